The van der Waals surface area contributed by atoms with E-state index in [-0.39, 0.29) is 15.6 Å². The summed E-state index contributed by atoms with van der Waals surface area (Å²) < 4.78 is 0. The van der Waals surface area contributed by atoms with Gasteiger partial charge in [0.05, 0.1) is 31.3 Å². The van der Waals surface area contributed by atoms with E-state index in [0.29, 0.717) is 27.6 Å². The summed E-state index contributed by atoms with van der Waals surface area (Å²) in [7, 11) is 0. The predicted molar refractivity (Wildman–Crippen MR) is 75.1 cm³/mol. The van der Waals surface area contributed by atoms with E-state index in [1.807, 2.05) is 0 Å². The van der Waals surface area contributed by atoms with Crippen molar-refractivity contribution in [2.45, 2.75) is 0 Å². The number of rotatable bonds is 2. The van der Waals surface area contributed by atoms with Crippen LogP contribution in [0.4, 0.5) is 0 Å². The van der Waals surface area contributed by atoms with Crippen LogP contribution in [0.5, 0.6) is 0 Å². The lowest BCUT2D eigenvalue weighted by atomic mass is 10.1. The Bertz CT molecular complexity index is 607. The third kappa shape index (κ3) is 2.34. The maximum Gasteiger partial charge on any atom is 0.153 e. The van der Waals surface area contributed by atoms with Gasteiger partial charge >= 0.3 is 0 Å². The molecule has 0 saturated heterocycles. The number of hydrogen-bond donors (Lipinski definition) is 0. The molecular formula is C12H5Cl4NO. The van der Waals surface area contributed by atoms with Gasteiger partial charge in [-0.25, -0.2) is 0 Å². The largest absolute Gasteiger partial charge is 0.298 e. The summed E-state index contributed by atoms with van der Waals surface area (Å²) in [6, 6.07) is 5.03. The monoisotopic (exact) mass is 319 g/mol. The molecule has 0 aliphatic rings. The number of hydrogen-bond acceptors (Lipinski definition) is 2. The molecule has 1 aromatic heterocycles. The molecule has 0 radical (unpaired) electrons. The second-order valence-electron chi connectivity index (χ2n) is 3.40. The van der Waals surface area contributed by atoms with Crippen LogP contribution in [-0.4, -0.2) is 11.3 Å². The molecule has 0 atom stereocenters. The SMILES string of the molecule is O=Cc1c(Cl)cnc(-c2c(Cl)cccc2Cl)c1Cl. The first-order valence-electron chi connectivity index (χ1n) is 4.79. The first kappa shape index (κ1) is 13.6. The summed E-state index contributed by atoms with van der Waals surface area (Å²) in [6.07, 6.45) is 1.91. The van der Waals surface area contributed by atoms with E-state index < -0.39 is 0 Å². The van der Waals surface area contributed by atoms with Gasteiger partial charge in [0, 0.05) is 11.8 Å². The fourth-order valence-electron chi connectivity index (χ4n) is 1.49. The van der Waals surface area contributed by atoms with Crippen LogP contribution in [0.25, 0.3) is 11.3 Å². The molecule has 2 aromatic rings. The second-order valence-corrected chi connectivity index (χ2v) is 5.00. The minimum atomic E-state index is 0.132. The number of benzene rings is 1. The van der Waals surface area contributed by atoms with Gasteiger partial charge in [-0.05, 0) is 12.1 Å². The lowest BCUT2D eigenvalue weighted by Crippen LogP contribution is -1.93. The molecule has 2 nitrogen and oxygen atoms in total. The molecule has 2 rings (SSSR count). The second kappa shape index (κ2) is 5.45. The third-order valence-corrected chi connectivity index (χ3v) is 3.64. The van der Waals surface area contributed by atoms with Crippen LogP contribution in [-0.2, 0) is 0 Å². The smallest absolute Gasteiger partial charge is 0.153 e. The Kier molecular flexibility index (Phi) is 4.13. The van der Waals surface area contributed by atoms with Crippen molar-refractivity contribution in [2.24, 2.45) is 0 Å². The molecule has 92 valence electrons. The van der Waals surface area contributed by atoms with Crippen LogP contribution in [0.2, 0.25) is 20.1 Å². The van der Waals surface area contributed by atoms with Crippen molar-refractivity contribution < 1.29 is 4.79 Å². The minimum Gasteiger partial charge on any atom is -0.298 e. The van der Waals surface area contributed by atoms with Gasteiger partial charge in [0.1, 0.15) is 0 Å². The van der Waals surface area contributed by atoms with Gasteiger partial charge in [-0.3, -0.25) is 9.78 Å². The molecule has 0 saturated carbocycles. The predicted octanol–water partition coefficient (Wildman–Crippen LogP) is 5.17. The van der Waals surface area contributed by atoms with Gasteiger partial charge in [0.25, 0.3) is 0 Å². The number of aromatic nitrogens is 1. The lowest BCUT2D eigenvalue weighted by Gasteiger charge is -2.10. The number of halogens is 4. The van der Waals surface area contributed by atoms with Gasteiger partial charge in [-0.2, -0.15) is 0 Å². The van der Waals surface area contributed by atoms with Crippen molar-refractivity contribution in [1.82, 2.24) is 4.98 Å². The van der Waals surface area contributed by atoms with Crippen LogP contribution in [0.3, 0.4) is 0 Å². The average Bonchev–Trinajstić information content (AvgIpc) is 2.32. The highest BCUT2D eigenvalue weighted by Gasteiger charge is 2.17. The molecule has 0 unspecified atom stereocenters. The highest BCUT2D eigenvalue weighted by molar-refractivity contribution is 6.43. The normalized spacial score (nSPS) is 10.4. The van der Waals surface area contributed by atoms with Crippen molar-refractivity contribution in [3.8, 4) is 11.3 Å². The summed E-state index contributed by atoms with van der Waals surface area (Å²) in [4.78, 5) is 15.0. The number of nitrogens with zero attached hydrogens (tertiary/aromatic N) is 1. The number of carbonyl (C=O) groups is 1. The Morgan fingerprint density at radius 2 is 1.61 bits per heavy atom. The molecule has 0 aliphatic carbocycles. The summed E-state index contributed by atoms with van der Waals surface area (Å²) >= 11 is 24.1. The molecule has 0 N–H and O–H groups in total. The van der Waals surface area contributed by atoms with E-state index in [4.69, 9.17) is 46.4 Å². The fraction of sp³-hybridized carbons (Fsp3) is 0. The van der Waals surface area contributed by atoms with E-state index >= 15 is 0 Å². The maximum atomic E-state index is 10.9. The zero-order valence-corrected chi connectivity index (χ0v) is 11.8. The molecule has 0 bridgehead atoms. The Morgan fingerprint density at radius 1 is 1.00 bits per heavy atom. The van der Waals surface area contributed by atoms with Crippen molar-refractivity contribution in [3.63, 3.8) is 0 Å². The van der Waals surface area contributed by atoms with Gasteiger partial charge < -0.3 is 0 Å². The van der Waals surface area contributed by atoms with E-state index in [0.717, 1.165) is 0 Å². The van der Waals surface area contributed by atoms with Crippen LogP contribution < -0.4 is 0 Å². The molecule has 0 spiro atoms. The van der Waals surface area contributed by atoms with Crippen LogP contribution in [0.15, 0.2) is 24.4 Å². The van der Waals surface area contributed by atoms with Crippen molar-refractivity contribution >= 4 is 52.7 Å². The molecule has 6 heteroatoms. The molecule has 0 fully saturated rings. The number of aldehydes is 1. The number of carbonyl (C=O) groups excluding carboxylic acids is 1. The Labute approximate surface area is 123 Å². The van der Waals surface area contributed by atoms with Crippen LogP contribution in [0.1, 0.15) is 10.4 Å². The van der Waals surface area contributed by atoms with Gasteiger partial charge in [-0.1, -0.05) is 52.5 Å². The topological polar surface area (TPSA) is 30.0 Å². The van der Waals surface area contributed by atoms with E-state index in [2.05, 4.69) is 4.98 Å². The maximum absolute atomic E-state index is 10.9. The molecule has 0 aliphatic heterocycles. The summed E-state index contributed by atoms with van der Waals surface area (Å²) in [5, 5.41) is 1.11. The highest BCUT2D eigenvalue weighted by Crippen LogP contribution is 2.39. The molecular weight excluding hydrogens is 316 g/mol. The minimum absolute atomic E-state index is 0.132. The molecule has 1 aromatic carbocycles. The first-order valence-corrected chi connectivity index (χ1v) is 6.31. The summed E-state index contributed by atoms with van der Waals surface area (Å²) in [6.45, 7) is 0. The van der Waals surface area contributed by atoms with Crippen LogP contribution in [0, 0.1) is 0 Å². The highest BCUT2D eigenvalue weighted by atomic mass is 35.5. The van der Waals surface area contributed by atoms with Gasteiger partial charge in [0.2, 0.25) is 0 Å². The average molecular weight is 321 g/mol. The van der Waals surface area contributed by atoms with E-state index in [9.17, 15) is 4.79 Å². The van der Waals surface area contributed by atoms with Crippen molar-refractivity contribution in [2.75, 3.05) is 0 Å². The Hall–Kier alpha value is -0.800. The summed E-state index contributed by atoms with van der Waals surface area (Å²) in [5.41, 5.74) is 0.976. The van der Waals surface area contributed by atoms with Gasteiger partial charge in [0.15, 0.2) is 6.29 Å². The standard InChI is InChI=1S/C12H5Cl4NO/c13-7-2-1-3-8(14)10(7)12-11(16)6(5-18)9(15)4-17-12/h1-5H. The summed E-state index contributed by atoms with van der Waals surface area (Å²) in [5.74, 6) is 0. The fourth-order valence-corrected chi connectivity index (χ4v) is 2.59. The molecule has 1 heterocycles. The molecule has 0 amide bonds. The Morgan fingerprint density at radius 3 is 2.17 bits per heavy atom. The molecule has 18 heavy (non-hydrogen) atoms. The lowest BCUT2D eigenvalue weighted by molar-refractivity contribution is 0.112. The first-order chi connectivity index (χ1) is 8.56. The van der Waals surface area contributed by atoms with Crippen molar-refractivity contribution in [1.29, 1.82) is 0 Å². The van der Waals surface area contributed by atoms with Crippen LogP contribution >= 0.6 is 46.4 Å². The van der Waals surface area contributed by atoms with E-state index in [1.165, 1.54) is 6.20 Å². The zero-order valence-electron chi connectivity index (χ0n) is 8.75. The third-order valence-electron chi connectivity index (χ3n) is 2.33. The van der Waals surface area contributed by atoms with Gasteiger partial charge in [-0.15, -0.1) is 0 Å². The number of pyridine rings is 1. The quantitative estimate of drug-likeness (QED) is 0.714. The Balaban J connectivity index is 2.76. The zero-order chi connectivity index (χ0) is 13.3. The van der Waals surface area contributed by atoms with E-state index in [1.54, 1.807) is 18.2 Å². The van der Waals surface area contributed by atoms with Crippen molar-refractivity contribution in [3.05, 3.63) is 50.0 Å².